The number of hydrogen-bond donors (Lipinski definition) is 0. The Bertz CT molecular complexity index is 3640. The van der Waals surface area contributed by atoms with Crippen LogP contribution in [-0.2, 0) is 0 Å². The van der Waals surface area contributed by atoms with Gasteiger partial charge in [-0.3, -0.25) is 0 Å². The molecule has 0 saturated heterocycles. The topological polar surface area (TPSA) is 0 Å². The van der Waals surface area contributed by atoms with E-state index in [1.165, 1.54) is 42.5 Å². The van der Waals surface area contributed by atoms with Crippen LogP contribution < -0.4 is 32.8 Å². The maximum Gasteiger partial charge on any atom is 0.257 e. The second kappa shape index (κ2) is 16.7. The van der Waals surface area contributed by atoms with Crippen molar-refractivity contribution >= 4 is 90.3 Å². The van der Waals surface area contributed by atoms with E-state index in [1.807, 2.05) is 0 Å². The molecule has 71 heavy (non-hydrogen) atoms. The Morgan fingerprint density at radius 3 is 1.07 bits per heavy atom. The average Bonchev–Trinajstić information content (AvgIpc) is 3.37. The molecule has 0 N–H and O–H groups in total. The smallest absolute Gasteiger partial charge is 0.204 e. The van der Waals surface area contributed by atoms with E-state index in [9.17, 15) is 52.7 Å². The lowest BCUT2D eigenvalue weighted by molar-refractivity contribution is 0.382. The maximum absolute atomic E-state index is 15.9. The van der Waals surface area contributed by atoms with E-state index in [2.05, 4.69) is 0 Å². The van der Waals surface area contributed by atoms with Crippen LogP contribution in [0.4, 0.5) is 87.8 Å². The average molecular weight is 1020 g/mol. The molecule has 0 fully saturated rings. The van der Waals surface area contributed by atoms with Gasteiger partial charge in [-0.2, -0.15) is 0 Å². The van der Waals surface area contributed by atoms with Gasteiger partial charge in [0.05, 0.1) is 0 Å². The molecule has 10 rings (SSSR count). The van der Waals surface area contributed by atoms with Gasteiger partial charge in [0.1, 0.15) is 0 Å². The van der Waals surface area contributed by atoms with Crippen molar-refractivity contribution in [3.05, 3.63) is 189 Å². The van der Waals surface area contributed by atoms with E-state index < -0.39 is 163 Å². The predicted octanol–water partition coefficient (Wildman–Crippen LogP) is 11.1. The highest BCUT2D eigenvalue weighted by Gasteiger charge is 2.44. The largest absolute Gasteiger partial charge is 0.257 e. The maximum atomic E-state index is 15.9. The first kappa shape index (κ1) is 47.5. The van der Waals surface area contributed by atoms with Gasteiger partial charge in [0, 0.05) is 37.0 Å². The van der Waals surface area contributed by atoms with Gasteiger partial charge in [0.2, 0.25) is 0 Å². The number of hydrogen-bond acceptors (Lipinski definition) is 1. The molecule has 0 amide bonds. The first-order valence-electron chi connectivity index (χ1n) is 19.9. The standard InChI is InChI=1S/C48H12B2F20S/c51-29-25(30(52)38(60)45(67)37(29)59)49(26-31(53)39(61)46(68)40(62)32(26)54)13-8-9-16-20-11-18-14-4-1-2-5-15(14)21(12-19(18)17-6-3-7-22(24(17)20)71-23(16)10-13)50(27-33(55)41(63)47(69)42(64)34(27)56)28-35(57)43(65)48(70)44(66)36(28)58/h1-12H. The summed E-state index contributed by atoms with van der Waals surface area (Å²) in [5.41, 5.74) is -9.26. The Morgan fingerprint density at radius 2 is 0.634 bits per heavy atom. The Balaban J connectivity index is 1.27. The lowest BCUT2D eigenvalue weighted by Crippen LogP contribution is -2.58. The molecular formula is C48H12B2F20S. The van der Waals surface area contributed by atoms with Gasteiger partial charge in [-0.1, -0.05) is 83.4 Å². The minimum Gasteiger partial charge on any atom is -0.204 e. The van der Waals surface area contributed by atoms with Crippen LogP contribution in [0.3, 0.4) is 0 Å². The van der Waals surface area contributed by atoms with Crippen molar-refractivity contribution in [3.63, 3.8) is 0 Å². The number of halogens is 20. The molecule has 0 bridgehead atoms. The zero-order chi connectivity index (χ0) is 51.1. The summed E-state index contributed by atoms with van der Waals surface area (Å²) in [6.07, 6.45) is 0. The molecule has 9 aromatic carbocycles. The fourth-order valence-electron chi connectivity index (χ4n) is 9.17. The molecule has 0 radical (unpaired) electrons. The zero-order valence-corrected chi connectivity index (χ0v) is 34.9. The van der Waals surface area contributed by atoms with E-state index in [4.69, 9.17) is 0 Å². The molecule has 1 aliphatic heterocycles. The van der Waals surface area contributed by atoms with Crippen LogP contribution in [0.25, 0.3) is 43.4 Å². The van der Waals surface area contributed by atoms with Gasteiger partial charge < -0.3 is 0 Å². The molecule has 0 saturated carbocycles. The van der Waals surface area contributed by atoms with Crippen LogP contribution in [0, 0.1) is 116 Å². The minimum atomic E-state index is -2.98. The predicted molar refractivity (Wildman–Crippen MR) is 223 cm³/mol. The summed E-state index contributed by atoms with van der Waals surface area (Å²) in [6.45, 7) is -5.92. The minimum absolute atomic E-state index is 0.0433. The van der Waals surface area contributed by atoms with Crippen LogP contribution in [0.2, 0.25) is 0 Å². The summed E-state index contributed by atoms with van der Waals surface area (Å²) in [6, 6.07) is 14.4. The molecule has 1 aliphatic rings. The van der Waals surface area contributed by atoms with E-state index >= 15 is 35.1 Å². The van der Waals surface area contributed by atoms with Crippen LogP contribution >= 0.6 is 11.8 Å². The number of rotatable bonds is 6. The molecular weight excluding hydrogens is 1010 g/mol. The highest BCUT2D eigenvalue weighted by molar-refractivity contribution is 7.99. The second-order valence-corrected chi connectivity index (χ2v) is 17.0. The van der Waals surface area contributed by atoms with Crippen molar-refractivity contribution in [2.24, 2.45) is 0 Å². The van der Waals surface area contributed by atoms with Crippen molar-refractivity contribution in [2.45, 2.75) is 9.79 Å². The Kier molecular flexibility index (Phi) is 11.2. The number of benzene rings is 9. The lowest BCUT2D eigenvalue weighted by Gasteiger charge is -2.26. The molecule has 1 heterocycles. The third kappa shape index (κ3) is 6.66. The van der Waals surface area contributed by atoms with Gasteiger partial charge in [-0.15, -0.1) is 0 Å². The van der Waals surface area contributed by atoms with Gasteiger partial charge in [-0.25, -0.2) is 87.8 Å². The van der Waals surface area contributed by atoms with E-state index in [0.717, 1.165) is 42.1 Å². The summed E-state index contributed by atoms with van der Waals surface area (Å²) in [4.78, 5) is 0.136. The number of fused-ring (bicyclic) bond motifs is 6. The van der Waals surface area contributed by atoms with E-state index in [-0.39, 0.29) is 53.2 Å². The van der Waals surface area contributed by atoms with Gasteiger partial charge in [0.15, 0.2) is 116 Å². The fraction of sp³-hybridized carbons (Fsp3) is 0. The molecule has 356 valence electrons. The molecule has 0 unspecified atom stereocenters. The van der Waals surface area contributed by atoms with Gasteiger partial charge >= 0.3 is 0 Å². The molecule has 9 aromatic rings. The van der Waals surface area contributed by atoms with Crippen LogP contribution in [-0.4, -0.2) is 13.4 Å². The first-order valence-corrected chi connectivity index (χ1v) is 20.7. The Hall–Kier alpha value is -7.16. The summed E-state index contributed by atoms with van der Waals surface area (Å²) in [5, 5.41) is -0.00847. The van der Waals surface area contributed by atoms with Gasteiger partial charge in [-0.05, 0) is 50.2 Å². The fourth-order valence-corrected chi connectivity index (χ4v) is 10.4. The SMILES string of the molecule is Fc1c(F)c(F)c(B(c2ccc3c(c2)Sc2cccc4c2c-3cc2c3ccccc3c(B(c3c(F)c(F)c(F)c(F)c3F)c3c(F)c(F)c(F)c(F)c3F)cc42)c2c(F)c(F)c(F)c(F)c2F)c(F)c1F. The van der Waals surface area contributed by atoms with Gasteiger partial charge in [0.25, 0.3) is 13.4 Å². The van der Waals surface area contributed by atoms with Crippen molar-refractivity contribution in [1.29, 1.82) is 0 Å². The normalized spacial score (nSPS) is 12.2. The highest BCUT2D eigenvalue weighted by atomic mass is 32.2. The quantitative estimate of drug-likeness (QED) is 0.0526. The highest BCUT2D eigenvalue weighted by Crippen LogP contribution is 2.50. The lowest BCUT2D eigenvalue weighted by atomic mass is 9.35. The Labute approximate surface area is 387 Å². The van der Waals surface area contributed by atoms with Crippen LogP contribution in [0.1, 0.15) is 0 Å². The van der Waals surface area contributed by atoms with Crippen molar-refractivity contribution < 1.29 is 87.8 Å². The molecule has 0 aromatic heterocycles. The van der Waals surface area contributed by atoms with Crippen molar-refractivity contribution in [3.8, 4) is 11.1 Å². The summed E-state index contributed by atoms with van der Waals surface area (Å²) < 4.78 is 302. The van der Waals surface area contributed by atoms with Crippen molar-refractivity contribution in [2.75, 3.05) is 0 Å². The third-order valence-corrected chi connectivity index (χ3v) is 13.4. The Morgan fingerprint density at radius 1 is 0.268 bits per heavy atom. The van der Waals surface area contributed by atoms with Crippen molar-refractivity contribution in [1.82, 2.24) is 0 Å². The van der Waals surface area contributed by atoms with Crippen LogP contribution in [0.5, 0.6) is 0 Å². The van der Waals surface area contributed by atoms with E-state index in [1.54, 1.807) is 0 Å². The third-order valence-electron chi connectivity index (χ3n) is 12.3. The molecule has 0 nitrogen and oxygen atoms in total. The first-order chi connectivity index (χ1) is 33.6. The summed E-state index contributed by atoms with van der Waals surface area (Å²) in [7, 11) is 0. The zero-order valence-electron chi connectivity index (χ0n) is 34.1. The van der Waals surface area contributed by atoms with Crippen LogP contribution in [0.15, 0.2) is 82.6 Å². The summed E-state index contributed by atoms with van der Waals surface area (Å²) >= 11 is 0.737. The monoisotopic (exact) mass is 1020 g/mol. The molecule has 0 aliphatic carbocycles. The summed E-state index contributed by atoms with van der Waals surface area (Å²) in [5.74, 6) is -53.4. The van der Waals surface area contributed by atoms with E-state index in [0.29, 0.717) is 0 Å². The molecule has 0 atom stereocenters. The second-order valence-electron chi connectivity index (χ2n) is 15.9. The molecule has 23 heteroatoms. The molecule has 0 spiro atoms.